The van der Waals surface area contributed by atoms with Crippen molar-refractivity contribution in [3.63, 3.8) is 0 Å². The molecule has 1 aromatic carbocycles. The number of benzene rings is 1. The molecule has 3 rings (SSSR count). The van der Waals surface area contributed by atoms with E-state index in [1.54, 1.807) is 6.20 Å². The first kappa shape index (κ1) is 12.8. The minimum atomic E-state index is 0.723. The van der Waals surface area contributed by atoms with Gasteiger partial charge in [0.05, 0.1) is 18.5 Å². The summed E-state index contributed by atoms with van der Waals surface area (Å²) in [5, 5.41) is 0. The average molecular weight is 269 g/mol. The Hall–Kier alpha value is -2.23. The Labute approximate surface area is 119 Å². The normalized spacial score (nSPS) is 13.5. The number of aromatic nitrogens is 1. The number of aryl methyl sites for hydroxylation is 2. The zero-order chi connectivity index (χ0) is 14.1. The molecule has 104 valence electrons. The summed E-state index contributed by atoms with van der Waals surface area (Å²) in [6.45, 7) is 2.82. The number of hydrogen-bond acceptors (Lipinski definition) is 4. The SMILES string of the molecule is Cc1cc(N(C)c2ccc3c(c2)CCCO3)ncc1N. The number of ether oxygens (including phenoxy) is 1. The van der Waals surface area contributed by atoms with Gasteiger partial charge in [-0.05, 0) is 55.2 Å². The Morgan fingerprint density at radius 2 is 2.15 bits per heavy atom. The number of anilines is 3. The second-order valence-corrected chi connectivity index (χ2v) is 5.20. The second-order valence-electron chi connectivity index (χ2n) is 5.20. The first-order valence-electron chi connectivity index (χ1n) is 6.87. The summed E-state index contributed by atoms with van der Waals surface area (Å²) >= 11 is 0. The molecule has 20 heavy (non-hydrogen) atoms. The fourth-order valence-electron chi connectivity index (χ4n) is 2.42. The fourth-order valence-corrected chi connectivity index (χ4v) is 2.42. The van der Waals surface area contributed by atoms with E-state index in [-0.39, 0.29) is 0 Å². The van der Waals surface area contributed by atoms with E-state index in [9.17, 15) is 0 Å². The third kappa shape index (κ3) is 2.29. The highest BCUT2D eigenvalue weighted by Gasteiger charge is 2.13. The highest BCUT2D eigenvalue weighted by molar-refractivity contribution is 5.64. The summed E-state index contributed by atoms with van der Waals surface area (Å²) in [4.78, 5) is 6.47. The Morgan fingerprint density at radius 1 is 1.30 bits per heavy atom. The van der Waals surface area contributed by atoms with E-state index in [1.165, 1.54) is 5.56 Å². The molecule has 2 aromatic rings. The number of pyridine rings is 1. The number of nitrogens with two attached hydrogens (primary N) is 1. The quantitative estimate of drug-likeness (QED) is 0.910. The molecule has 1 aliphatic rings. The van der Waals surface area contributed by atoms with Crippen LogP contribution < -0.4 is 15.4 Å². The third-order valence-corrected chi connectivity index (χ3v) is 3.76. The predicted molar refractivity (Wildman–Crippen MR) is 81.7 cm³/mol. The standard InChI is InChI=1S/C16H19N3O/c1-11-8-16(18-10-14(11)17)19(2)13-5-6-15-12(9-13)4-3-7-20-15/h5-6,8-10H,3-4,7,17H2,1-2H3. The zero-order valence-corrected chi connectivity index (χ0v) is 11.9. The number of hydrogen-bond donors (Lipinski definition) is 1. The van der Waals surface area contributed by atoms with Crippen molar-refractivity contribution >= 4 is 17.2 Å². The van der Waals surface area contributed by atoms with Crippen LogP contribution in [0.2, 0.25) is 0 Å². The van der Waals surface area contributed by atoms with E-state index in [1.807, 2.05) is 26.1 Å². The van der Waals surface area contributed by atoms with Crippen LogP contribution in [0.5, 0.6) is 5.75 Å². The molecule has 0 amide bonds. The molecule has 0 aliphatic carbocycles. The maximum Gasteiger partial charge on any atom is 0.133 e. The van der Waals surface area contributed by atoms with Gasteiger partial charge in [0.2, 0.25) is 0 Å². The van der Waals surface area contributed by atoms with Gasteiger partial charge in [-0.25, -0.2) is 4.98 Å². The smallest absolute Gasteiger partial charge is 0.133 e. The first-order valence-corrected chi connectivity index (χ1v) is 6.87. The van der Waals surface area contributed by atoms with Crippen LogP contribution in [0.1, 0.15) is 17.5 Å². The molecule has 4 heteroatoms. The van der Waals surface area contributed by atoms with E-state index in [0.717, 1.165) is 48.0 Å². The van der Waals surface area contributed by atoms with Crippen LogP contribution in [0.25, 0.3) is 0 Å². The molecule has 2 heterocycles. The summed E-state index contributed by atoms with van der Waals surface area (Å²) in [7, 11) is 2.02. The molecule has 0 saturated carbocycles. The van der Waals surface area contributed by atoms with E-state index in [4.69, 9.17) is 10.5 Å². The zero-order valence-electron chi connectivity index (χ0n) is 11.9. The van der Waals surface area contributed by atoms with Gasteiger partial charge in [0.1, 0.15) is 11.6 Å². The predicted octanol–water partition coefficient (Wildman–Crippen LogP) is 3.07. The van der Waals surface area contributed by atoms with Crippen LogP contribution >= 0.6 is 0 Å². The largest absolute Gasteiger partial charge is 0.493 e. The van der Waals surface area contributed by atoms with Crippen molar-refractivity contribution in [2.75, 3.05) is 24.3 Å². The van der Waals surface area contributed by atoms with Crippen LogP contribution in [0.4, 0.5) is 17.2 Å². The van der Waals surface area contributed by atoms with Gasteiger partial charge >= 0.3 is 0 Å². The summed E-state index contributed by atoms with van der Waals surface area (Å²) in [6.07, 6.45) is 3.87. The molecule has 0 fully saturated rings. The lowest BCUT2D eigenvalue weighted by Crippen LogP contribution is -2.14. The van der Waals surface area contributed by atoms with Crippen LogP contribution in [-0.4, -0.2) is 18.6 Å². The topological polar surface area (TPSA) is 51.4 Å². The van der Waals surface area contributed by atoms with Crippen LogP contribution in [-0.2, 0) is 6.42 Å². The number of nitrogens with zero attached hydrogens (tertiary/aromatic N) is 2. The molecule has 4 nitrogen and oxygen atoms in total. The third-order valence-electron chi connectivity index (χ3n) is 3.76. The lowest BCUT2D eigenvalue weighted by Gasteiger charge is -2.23. The van der Waals surface area contributed by atoms with Crippen molar-refractivity contribution in [2.24, 2.45) is 0 Å². The van der Waals surface area contributed by atoms with Crippen molar-refractivity contribution in [3.8, 4) is 5.75 Å². The Bertz CT molecular complexity index is 640. The summed E-state index contributed by atoms with van der Waals surface area (Å²) in [5.74, 6) is 1.91. The molecule has 0 radical (unpaired) electrons. The molecule has 0 atom stereocenters. The summed E-state index contributed by atoms with van der Waals surface area (Å²) < 4.78 is 5.65. The molecule has 0 saturated heterocycles. The molecule has 0 bridgehead atoms. The lowest BCUT2D eigenvalue weighted by atomic mass is 10.1. The van der Waals surface area contributed by atoms with Gasteiger partial charge in [-0.15, -0.1) is 0 Å². The van der Waals surface area contributed by atoms with Gasteiger partial charge in [0.25, 0.3) is 0 Å². The summed E-state index contributed by atoms with van der Waals surface area (Å²) in [6, 6.07) is 8.30. The monoisotopic (exact) mass is 269 g/mol. The van der Waals surface area contributed by atoms with Crippen LogP contribution in [0, 0.1) is 6.92 Å². The lowest BCUT2D eigenvalue weighted by molar-refractivity contribution is 0.288. The molecular weight excluding hydrogens is 250 g/mol. The molecule has 0 unspecified atom stereocenters. The maximum absolute atomic E-state index is 5.82. The van der Waals surface area contributed by atoms with Crippen molar-refractivity contribution in [2.45, 2.75) is 19.8 Å². The summed E-state index contributed by atoms with van der Waals surface area (Å²) in [5.41, 5.74) is 9.98. The van der Waals surface area contributed by atoms with Crippen molar-refractivity contribution in [1.82, 2.24) is 4.98 Å². The highest BCUT2D eigenvalue weighted by Crippen LogP contribution is 2.31. The van der Waals surface area contributed by atoms with Gasteiger partial charge < -0.3 is 15.4 Å². The Balaban J connectivity index is 1.93. The van der Waals surface area contributed by atoms with E-state index in [2.05, 4.69) is 22.0 Å². The highest BCUT2D eigenvalue weighted by atomic mass is 16.5. The van der Waals surface area contributed by atoms with Crippen molar-refractivity contribution in [1.29, 1.82) is 0 Å². The van der Waals surface area contributed by atoms with Crippen molar-refractivity contribution in [3.05, 3.63) is 41.6 Å². The molecule has 0 spiro atoms. The minimum Gasteiger partial charge on any atom is -0.493 e. The van der Waals surface area contributed by atoms with E-state index < -0.39 is 0 Å². The maximum atomic E-state index is 5.82. The van der Waals surface area contributed by atoms with Gasteiger partial charge in [0, 0.05) is 12.7 Å². The van der Waals surface area contributed by atoms with Crippen LogP contribution in [0.3, 0.4) is 0 Å². The molecule has 1 aliphatic heterocycles. The molecular formula is C16H19N3O. The van der Waals surface area contributed by atoms with Crippen molar-refractivity contribution < 1.29 is 4.74 Å². The second kappa shape index (κ2) is 5.04. The van der Waals surface area contributed by atoms with E-state index in [0.29, 0.717) is 0 Å². The Kier molecular flexibility index (Phi) is 3.22. The molecule has 1 aromatic heterocycles. The Morgan fingerprint density at radius 3 is 2.95 bits per heavy atom. The number of nitrogen functional groups attached to an aromatic ring is 1. The number of fused-ring (bicyclic) bond motifs is 1. The van der Waals surface area contributed by atoms with E-state index >= 15 is 0 Å². The average Bonchev–Trinajstić information content (AvgIpc) is 2.49. The fraction of sp³-hybridized carbons (Fsp3) is 0.312. The minimum absolute atomic E-state index is 0.723. The first-order chi connectivity index (χ1) is 9.65. The van der Waals surface area contributed by atoms with Gasteiger partial charge in [-0.2, -0.15) is 0 Å². The van der Waals surface area contributed by atoms with Gasteiger partial charge in [-0.3, -0.25) is 0 Å². The van der Waals surface area contributed by atoms with Gasteiger partial charge in [-0.1, -0.05) is 0 Å². The van der Waals surface area contributed by atoms with Crippen LogP contribution in [0.15, 0.2) is 30.5 Å². The molecule has 2 N–H and O–H groups in total. The number of rotatable bonds is 2. The van der Waals surface area contributed by atoms with Gasteiger partial charge in [0.15, 0.2) is 0 Å².